The van der Waals surface area contributed by atoms with Crippen LogP contribution in [0.15, 0.2) is 65.8 Å². The first kappa shape index (κ1) is 22.6. The molecule has 2 aromatic carbocycles. The lowest BCUT2D eigenvalue weighted by molar-refractivity contribution is 0.102. The number of hydrogen-bond donors (Lipinski definition) is 1. The zero-order valence-corrected chi connectivity index (χ0v) is 21.1. The topological polar surface area (TPSA) is 46.4 Å². The molecule has 0 saturated carbocycles. The molecule has 1 aliphatic carbocycles. The van der Waals surface area contributed by atoms with Gasteiger partial charge in [-0.25, -0.2) is 4.99 Å². The van der Waals surface area contributed by atoms with Gasteiger partial charge in [-0.15, -0.1) is 11.3 Å². The van der Waals surface area contributed by atoms with Crippen LogP contribution in [-0.2, 0) is 19.9 Å². The van der Waals surface area contributed by atoms with Crippen LogP contribution in [0.25, 0.3) is 10.9 Å². The number of nitrogens with zero attached hydrogens (tertiary/aromatic N) is 2. The van der Waals surface area contributed by atoms with Gasteiger partial charge >= 0.3 is 0 Å². The third kappa shape index (κ3) is 4.32. The Labute approximate surface area is 205 Å². The van der Waals surface area contributed by atoms with Crippen molar-refractivity contribution in [3.8, 4) is 0 Å². The first-order valence-electron chi connectivity index (χ1n) is 11.9. The first-order valence-corrected chi connectivity index (χ1v) is 12.7. The van der Waals surface area contributed by atoms with E-state index in [1.807, 2.05) is 42.6 Å². The van der Waals surface area contributed by atoms with Crippen molar-refractivity contribution >= 4 is 45.0 Å². The Balaban J connectivity index is 1.54. The molecule has 0 saturated heterocycles. The molecule has 1 N–H and O–H groups in total. The Morgan fingerprint density at radius 2 is 1.85 bits per heavy atom. The molecule has 0 unspecified atom stereocenters. The van der Waals surface area contributed by atoms with Crippen LogP contribution in [-0.4, -0.2) is 16.7 Å². The van der Waals surface area contributed by atoms with Gasteiger partial charge in [0.05, 0.1) is 5.56 Å². The largest absolute Gasteiger partial charge is 0.350 e. The van der Waals surface area contributed by atoms with E-state index in [9.17, 15) is 4.79 Å². The summed E-state index contributed by atoms with van der Waals surface area (Å²) in [6, 6.07) is 18.0. The van der Waals surface area contributed by atoms with Crippen molar-refractivity contribution in [3.63, 3.8) is 0 Å². The summed E-state index contributed by atoms with van der Waals surface area (Å²) in [6.07, 6.45) is 7.06. The van der Waals surface area contributed by atoms with Gasteiger partial charge in [-0.3, -0.25) is 4.79 Å². The quantitative estimate of drug-likeness (QED) is 0.311. The van der Waals surface area contributed by atoms with Gasteiger partial charge in [0.15, 0.2) is 0 Å². The van der Waals surface area contributed by atoms with E-state index in [4.69, 9.17) is 4.99 Å². The number of aryl methyl sites for hydroxylation is 1. The second kappa shape index (κ2) is 8.88. The number of rotatable bonds is 4. The number of nitrogens with one attached hydrogen (secondary N) is 1. The normalized spacial score (nSPS) is 16.2. The first-order chi connectivity index (χ1) is 16.3. The van der Waals surface area contributed by atoms with Crippen molar-refractivity contribution < 1.29 is 4.79 Å². The predicted octanol–water partition coefficient (Wildman–Crippen LogP) is 7.39. The van der Waals surface area contributed by atoms with Gasteiger partial charge in [-0.2, -0.15) is 0 Å². The molecule has 0 fully saturated rings. The number of carbonyl (C=O) groups excluding carboxylic acids is 1. The highest BCUT2D eigenvalue weighted by Gasteiger charge is 2.33. The van der Waals surface area contributed by atoms with Crippen LogP contribution in [0.3, 0.4) is 0 Å². The van der Waals surface area contributed by atoms with E-state index in [1.165, 1.54) is 16.0 Å². The molecule has 174 valence electrons. The van der Waals surface area contributed by atoms with E-state index in [1.54, 1.807) is 11.3 Å². The van der Waals surface area contributed by atoms with E-state index in [2.05, 4.69) is 62.1 Å². The molecule has 1 amide bonds. The lowest BCUT2D eigenvalue weighted by atomic mass is 9.72. The summed E-state index contributed by atoms with van der Waals surface area (Å²) in [5, 5.41) is 5.07. The Morgan fingerprint density at radius 1 is 1.12 bits per heavy atom. The lowest BCUT2D eigenvalue weighted by Gasteiger charge is -2.33. The molecular formula is C29H31N3OS. The second-order valence-electron chi connectivity index (χ2n) is 10.3. The fourth-order valence-electron chi connectivity index (χ4n) is 4.95. The molecule has 5 heteroatoms. The van der Waals surface area contributed by atoms with Crippen molar-refractivity contribution in [3.05, 3.63) is 82.4 Å². The summed E-state index contributed by atoms with van der Waals surface area (Å²) in [7, 11) is 2.05. The van der Waals surface area contributed by atoms with Gasteiger partial charge in [-0.05, 0) is 54.4 Å². The monoisotopic (exact) mass is 469 g/mol. The number of para-hydroxylation sites is 2. The molecule has 5 rings (SSSR count). The van der Waals surface area contributed by atoms with Crippen LogP contribution in [0, 0.1) is 11.3 Å². The number of hydrogen-bond acceptors (Lipinski definition) is 3. The van der Waals surface area contributed by atoms with E-state index in [0.29, 0.717) is 5.92 Å². The van der Waals surface area contributed by atoms with E-state index in [0.717, 1.165) is 46.5 Å². The Hall–Kier alpha value is -3.18. The van der Waals surface area contributed by atoms with E-state index >= 15 is 0 Å². The highest BCUT2D eigenvalue weighted by atomic mass is 32.1. The summed E-state index contributed by atoms with van der Waals surface area (Å²) >= 11 is 1.69. The molecule has 0 spiro atoms. The summed E-state index contributed by atoms with van der Waals surface area (Å²) in [5.74, 6) is 0.543. The van der Waals surface area contributed by atoms with Gasteiger partial charge in [0.2, 0.25) is 0 Å². The lowest BCUT2D eigenvalue weighted by Crippen LogP contribution is -2.27. The van der Waals surface area contributed by atoms with Crippen LogP contribution in [0.4, 0.5) is 10.7 Å². The molecule has 2 heterocycles. The number of aromatic nitrogens is 1. The van der Waals surface area contributed by atoms with E-state index < -0.39 is 0 Å². The molecule has 2 aromatic heterocycles. The molecular weight excluding hydrogens is 438 g/mol. The third-order valence-corrected chi connectivity index (χ3v) is 8.14. The fourth-order valence-corrected chi connectivity index (χ4v) is 6.22. The Bertz CT molecular complexity index is 1370. The van der Waals surface area contributed by atoms with Crippen LogP contribution < -0.4 is 5.32 Å². The number of carbonyl (C=O) groups is 1. The zero-order chi connectivity index (χ0) is 23.9. The number of aliphatic imine (C=N–C) groups is 1. The molecule has 4 aromatic rings. The second-order valence-corrected chi connectivity index (χ2v) is 11.4. The molecule has 0 aliphatic heterocycles. The van der Waals surface area contributed by atoms with Crippen LogP contribution in [0.1, 0.15) is 53.6 Å². The highest BCUT2D eigenvalue weighted by Crippen LogP contribution is 2.45. The van der Waals surface area contributed by atoms with Crippen molar-refractivity contribution in [2.75, 3.05) is 5.32 Å². The smallest absolute Gasteiger partial charge is 0.259 e. The Morgan fingerprint density at radius 3 is 2.62 bits per heavy atom. The molecule has 0 bridgehead atoms. The Kier molecular flexibility index (Phi) is 5.90. The van der Waals surface area contributed by atoms with Crippen LogP contribution >= 0.6 is 11.3 Å². The average molecular weight is 470 g/mol. The summed E-state index contributed by atoms with van der Waals surface area (Å²) in [4.78, 5) is 19.7. The van der Waals surface area contributed by atoms with Crippen molar-refractivity contribution in [2.45, 2.75) is 40.0 Å². The number of benzene rings is 2. The standard InChI is InChI=1S/C29H31N3OS/c1-29(2,3)20-14-15-23-25(16-20)34-28(26(23)27(33)31-21-10-6-5-7-11-21)30-17-19-18-32(4)24-13-9-8-12-22(19)24/h5-13,17-18,20H,14-16H2,1-4H3,(H,31,33)/t20-/m1/s1. The van der Waals surface area contributed by atoms with Crippen molar-refractivity contribution in [2.24, 2.45) is 23.4 Å². The average Bonchev–Trinajstić information content (AvgIpc) is 3.34. The van der Waals surface area contributed by atoms with Gasteiger partial charge in [0.1, 0.15) is 5.00 Å². The molecule has 0 radical (unpaired) electrons. The predicted molar refractivity (Wildman–Crippen MR) is 144 cm³/mol. The van der Waals surface area contributed by atoms with Crippen molar-refractivity contribution in [1.82, 2.24) is 4.57 Å². The van der Waals surface area contributed by atoms with E-state index in [-0.39, 0.29) is 11.3 Å². The molecule has 34 heavy (non-hydrogen) atoms. The number of amides is 1. The maximum Gasteiger partial charge on any atom is 0.259 e. The molecule has 1 aliphatic rings. The minimum Gasteiger partial charge on any atom is -0.350 e. The number of anilines is 1. The van der Waals surface area contributed by atoms with Gasteiger partial charge in [0.25, 0.3) is 5.91 Å². The molecule has 1 atom stereocenters. The summed E-state index contributed by atoms with van der Waals surface area (Å²) < 4.78 is 2.12. The third-order valence-electron chi connectivity index (χ3n) is 6.98. The molecule has 4 nitrogen and oxygen atoms in total. The minimum absolute atomic E-state index is 0.0667. The SMILES string of the molecule is Cn1cc(C=Nc2sc3c(c2C(=O)Nc2ccccc2)CC[C@@H](C(C)(C)C)C3)c2ccccc21. The van der Waals surface area contributed by atoms with Crippen LogP contribution in [0.5, 0.6) is 0 Å². The highest BCUT2D eigenvalue weighted by molar-refractivity contribution is 7.16. The van der Waals surface area contributed by atoms with Crippen molar-refractivity contribution in [1.29, 1.82) is 0 Å². The van der Waals surface area contributed by atoms with Gasteiger partial charge in [-0.1, -0.05) is 57.2 Å². The summed E-state index contributed by atoms with van der Waals surface area (Å²) in [6.45, 7) is 6.95. The summed E-state index contributed by atoms with van der Waals surface area (Å²) in [5.41, 5.74) is 5.22. The van der Waals surface area contributed by atoms with Gasteiger partial charge in [0, 0.05) is 46.5 Å². The number of fused-ring (bicyclic) bond motifs is 2. The fraction of sp³-hybridized carbons (Fsp3) is 0.310. The zero-order valence-electron chi connectivity index (χ0n) is 20.3. The maximum atomic E-state index is 13.5. The maximum absolute atomic E-state index is 13.5. The van der Waals surface area contributed by atoms with Gasteiger partial charge < -0.3 is 9.88 Å². The van der Waals surface area contributed by atoms with Crippen LogP contribution in [0.2, 0.25) is 0 Å². The number of thiophene rings is 1. The minimum atomic E-state index is -0.0667.